The summed E-state index contributed by atoms with van der Waals surface area (Å²) in [5.41, 5.74) is 2.04. The summed E-state index contributed by atoms with van der Waals surface area (Å²) < 4.78 is 0.833. The fourth-order valence-electron chi connectivity index (χ4n) is 1.29. The summed E-state index contributed by atoms with van der Waals surface area (Å²) in [5, 5.41) is 10.7. The minimum Gasteiger partial charge on any atom is -0.478 e. The van der Waals surface area contributed by atoms with Crippen molar-refractivity contribution in [1.82, 2.24) is 4.98 Å². The van der Waals surface area contributed by atoms with E-state index in [-0.39, 0.29) is 0 Å². The van der Waals surface area contributed by atoms with Gasteiger partial charge in [-0.1, -0.05) is 0 Å². The van der Waals surface area contributed by atoms with Gasteiger partial charge >= 0.3 is 5.97 Å². The van der Waals surface area contributed by atoms with Gasteiger partial charge in [0.1, 0.15) is 0 Å². The zero-order chi connectivity index (χ0) is 8.72. The fraction of sp³-hybridized carbons (Fsp3) is 0.125. The summed E-state index contributed by atoms with van der Waals surface area (Å²) in [6, 6.07) is 1.89. The third-order valence-corrected chi connectivity index (χ3v) is 2.74. The van der Waals surface area contributed by atoms with Crippen molar-refractivity contribution < 1.29 is 9.90 Å². The minimum atomic E-state index is -0.860. The topological polar surface area (TPSA) is 53.1 Å². The van der Waals surface area contributed by atoms with Gasteiger partial charge in [-0.3, -0.25) is 0 Å². The summed E-state index contributed by atoms with van der Waals surface area (Å²) in [4.78, 5) is 13.8. The number of carbonyl (C=O) groups is 1. The van der Waals surface area contributed by atoms with Crippen LogP contribution in [-0.4, -0.2) is 16.1 Å². The van der Waals surface area contributed by atoms with E-state index >= 15 is 0 Å². The smallest absolute Gasteiger partial charge is 0.338 e. The molecule has 0 aliphatic heterocycles. The first-order chi connectivity index (χ1) is 5.70. The largest absolute Gasteiger partial charge is 0.478 e. The maximum Gasteiger partial charge on any atom is 0.338 e. The normalized spacial score (nSPS) is 10.8. The Balaban J connectivity index is 2.84. The summed E-state index contributed by atoms with van der Waals surface area (Å²) in [6.07, 6.45) is 0. The lowest BCUT2D eigenvalue weighted by Crippen LogP contribution is -1.96. The van der Waals surface area contributed by atoms with Gasteiger partial charge in [0, 0.05) is 5.69 Å². The highest BCUT2D eigenvalue weighted by Gasteiger charge is 2.15. The predicted octanol–water partition coefficient (Wildman–Crippen LogP) is 2.24. The summed E-state index contributed by atoms with van der Waals surface area (Å²) in [5.74, 6) is -0.860. The van der Waals surface area contributed by atoms with Crippen LogP contribution in [0.15, 0.2) is 11.4 Å². The molecule has 2 N–H and O–H groups in total. The van der Waals surface area contributed by atoms with E-state index in [4.69, 9.17) is 5.11 Å². The Bertz CT molecular complexity index is 441. The first kappa shape index (κ1) is 7.36. The molecule has 0 aliphatic rings. The molecule has 0 saturated carbocycles. The van der Waals surface area contributed by atoms with Crippen molar-refractivity contribution in [2.75, 3.05) is 0 Å². The van der Waals surface area contributed by atoms with Crippen molar-refractivity contribution >= 4 is 27.5 Å². The molecular weight excluding hydrogens is 174 g/mol. The van der Waals surface area contributed by atoms with Crippen LogP contribution in [-0.2, 0) is 0 Å². The monoisotopic (exact) mass is 181 g/mol. The molecule has 0 bridgehead atoms. The molecule has 3 nitrogen and oxygen atoms in total. The lowest BCUT2D eigenvalue weighted by molar-refractivity contribution is 0.0698. The average molecular weight is 181 g/mol. The zero-order valence-corrected chi connectivity index (χ0v) is 7.23. The van der Waals surface area contributed by atoms with E-state index in [1.54, 1.807) is 6.92 Å². The summed E-state index contributed by atoms with van der Waals surface area (Å²) in [6.45, 7) is 1.77. The first-order valence-corrected chi connectivity index (χ1v) is 4.37. The Morgan fingerprint density at radius 2 is 2.42 bits per heavy atom. The second-order valence-electron chi connectivity index (χ2n) is 2.59. The maximum absolute atomic E-state index is 10.8. The number of carboxylic acids is 1. The average Bonchev–Trinajstić information content (AvgIpc) is 2.44. The molecule has 2 aromatic heterocycles. The van der Waals surface area contributed by atoms with E-state index < -0.39 is 5.97 Å². The number of H-pyrrole nitrogens is 1. The molecular formula is C8H7NO2S. The number of nitrogens with one attached hydrogen (secondary N) is 1. The number of rotatable bonds is 1. The Kier molecular flexibility index (Phi) is 1.44. The maximum atomic E-state index is 10.8. The van der Waals surface area contributed by atoms with Crippen LogP contribution >= 0.6 is 11.3 Å². The molecule has 2 heterocycles. The number of aromatic nitrogens is 1. The quantitative estimate of drug-likeness (QED) is 0.708. The highest BCUT2D eigenvalue weighted by Crippen LogP contribution is 2.26. The lowest BCUT2D eigenvalue weighted by Gasteiger charge is -1.89. The predicted molar refractivity (Wildman–Crippen MR) is 47.9 cm³/mol. The number of hydrogen-bond donors (Lipinski definition) is 2. The number of thiophene rings is 1. The molecule has 0 radical (unpaired) electrons. The molecule has 0 spiro atoms. The number of aromatic carboxylic acids is 1. The van der Waals surface area contributed by atoms with Crippen LogP contribution in [0.25, 0.3) is 10.2 Å². The minimum absolute atomic E-state index is 0.403. The fourth-order valence-corrected chi connectivity index (χ4v) is 2.24. The number of fused-ring (bicyclic) bond motifs is 1. The van der Waals surface area contributed by atoms with Crippen LogP contribution in [0.2, 0.25) is 0 Å². The molecule has 0 aromatic carbocycles. The molecule has 0 unspecified atom stereocenters. The Labute approximate surface area is 72.6 Å². The number of aromatic amines is 1. The van der Waals surface area contributed by atoms with Crippen LogP contribution in [0, 0.1) is 6.92 Å². The van der Waals surface area contributed by atoms with Crippen LogP contribution in [0.4, 0.5) is 0 Å². The van der Waals surface area contributed by atoms with Crippen molar-refractivity contribution in [1.29, 1.82) is 0 Å². The Hall–Kier alpha value is -1.29. The first-order valence-electron chi connectivity index (χ1n) is 3.49. The molecule has 0 fully saturated rings. The molecule has 0 saturated heterocycles. The standard InChI is InChI=1S/C8H7NO2S/c1-4-6(8(10)11)7-5(9-4)2-3-12-7/h2-3,9H,1H3,(H,10,11). The Morgan fingerprint density at radius 3 is 3.08 bits per heavy atom. The Morgan fingerprint density at radius 1 is 1.67 bits per heavy atom. The number of carboxylic acid groups (broad SMARTS) is 1. The molecule has 4 heteroatoms. The van der Waals surface area contributed by atoms with Gasteiger partial charge in [-0.15, -0.1) is 11.3 Å². The van der Waals surface area contributed by atoms with Gasteiger partial charge in [0.05, 0.1) is 15.8 Å². The van der Waals surface area contributed by atoms with E-state index in [9.17, 15) is 4.79 Å². The lowest BCUT2D eigenvalue weighted by atomic mass is 10.2. The third-order valence-electron chi connectivity index (χ3n) is 1.80. The highest BCUT2D eigenvalue weighted by molar-refractivity contribution is 7.17. The van der Waals surface area contributed by atoms with Crippen molar-refractivity contribution in [2.24, 2.45) is 0 Å². The number of hydrogen-bond acceptors (Lipinski definition) is 2. The van der Waals surface area contributed by atoms with E-state index in [1.165, 1.54) is 11.3 Å². The van der Waals surface area contributed by atoms with E-state index in [0.29, 0.717) is 5.56 Å². The van der Waals surface area contributed by atoms with Gasteiger partial charge < -0.3 is 10.1 Å². The third kappa shape index (κ3) is 0.848. The molecule has 2 aromatic rings. The summed E-state index contributed by atoms with van der Waals surface area (Å²) in [7, 11) is 0. The number of aryl methyl sites for hydroxylation is 1. The summed E-state index contributed by atoms with van der Waals surface area (Å²) >= 11 is 1.45. The van der Waals surface area contributed by atoms with E-state index in [2.05, 4.69) is 4.98 Å². The van der Waals surface area contributed by atoms with Crippen molar-refractivity contribution in [2.45, 2.75) is 6.92 Å². The second kappa shape index (κ2) is 2.35. The second-order valence-corrected chi connectivity index (χ2v) is 3.51. The zero-order valence-electron chi connectivity index (χ0n) is 6.42. The van der Waals surface area contributed by atoms with Gasteiger partial charge in [0.25, 0.3) is 0 Å². The SMILES string of the molecule is Cc1[nH]c2ccsc2c1C(=O)O. The van der Waals surface area contributed by atoms with Gasteiger partial charge in [-0.25, -0.2) is 4.79 Å². The van der Waals surface area contributed by atoms with Crippen molar-refractivity contribution in [3.63, 3.8) is 0 Å². The van der Waals surface area contributed by atoms with Gasteiger partial charge in [-0.2, -0.15) is 0 Å². The van der Waals surface area contributed by atoms with Crippen LogP contribution in [0.3, 0.4) is 0 Å². The molecule has 0 atom stereocenters. The molecule has 0 amide bonds. The van der Waals surface area contributed by atoms with Gasteiger partial charge in [0.15, 0.2) is 0 Å². The molecule has 62 valence electrons. The molecule has 12 heavy (non-hydrogen) atoms. The van der Waals surface area contributed by atoms with Gasteiger partial charge in [-0.05, 0) is 18.4 Å². The van der Waals surface area contributed by atoms with Crippen LogP contribution in [0.5, 0.6) is 0 Å². The van der Waals surface area contributed by atoms with Crippen molar-refractivity contribution in [3.8, 4) is 0 Å². The van der Waals surface area contributed by atoms with E-state index in [0.717, 1.165) is 15.9 Å². The highest BCUT2D eigenvalue weighted by atomic mass is 32.1. The van der Waals surface area contributed by atoms with Gasteiger partial charge in [0.2, 0.25) is 0 Å². The van der Waals surface area contributed by atoms with E-state index in [1.807, 2.05) is 11.4 Å². The van der Waals surface area contributed by atoms with Crippen LogP contribution < -0.4 is 0 Å². The van der Waals surface area contributed by atoms with Crippen LogP contribution in [0.1, 0.15) is 16.1 Å². The van der Waals surface area contributed by atoms with Crippen molar-refractivity contribution in [3.05, 3.63) is 22.7 Å². The molecule has 0 aliphatic carbocycles. The molecule has 2 rings (SSSR count).